The van der Waals surface area contributed by atoms with Crippen LogP contribution < -0.4 is 0 Å². The smallest absolute Gasteiger partial charge is 0.0793 e. The van der Waals surface area contributed by atoms with Crippen molar-refractivity contribution in [2.45, 2.75) is 0 Å². The van der Waals surface area contributed by atoms with E-state index in [0.29, 0.717) is 0 Å². The number of allylic oxidation sites excluding steroid dienone is 4. The second kappa shape index (κ2) is 2.24. The van der Waals surface area contributed by atoms with Crippen LogP contribution in [0.2, 0.25) is 0 Å². The van der Waals surface area contributed by atoms with Gasteiger partial charge >= 0.3 is 0 Å². The molecular weight excluding hydrogens is 188 g/mol. The molecule has 2 aliphatic heterocycles. The molecule has 3 aliphatic rings. The van der Waals surface area contributed by atoms with Crippen LogP contribution in [0.4, 0.5) is 0 Å². The third-order valence-corrected chi connectivity index (χ3v) is 4.56. The Kier molecular flexibility index (Phi) is 1.29. The van der Waals surface area contributed by atoms with Gasteiger partial charge in [0.25, 0.3) is 0 Å². The van der Waals surface area contributed by atoms with E-state index in [-0.39, 0.29) is 0 Å². The SMILES string of the molecule is O=S1C=CC2=CC3=CCSC3=C21. The maximum atomic E-state index is 11.5. The molecule has 3 rings (SSSR count). The molecule has 0 amide bonds. The average Bonchev–Trinajstić information content (AvgIpc) is 2.61. The van der Waals surface area contributed by atoms with Gasteiger partial charge in [0.05, 0.1) is 15.7 Å². The lowest BCUT2D eigenvalue weighted by Crippen LogP contribution is -1.85. The summed E-state index contributed by atoms with van der Waals surface area (Å²) in [6.45, 7) is 0. The highest BCUT2D eigenvalue weighted by Crippen LogP contribution is 2.46. The molecule has 0 saturated carbocycles. The molecule has 0 saturated heterocycles. The largest absolute Gasteiger partial charge is 0.250 e. The van der Waals surface area contributed by atoms with Crippen LogP contribution in [0.5, 0.6) is 0 Å². The maximum Gasteiger partial charge on any atom is 0.0793 e. The van der Waals surface area contributed by atoms with Crippen LogP contribution >= 0.6 is 11.8 Å². The van der Waals surface area contributed by atoms with E-state index in [4.69, 9.17) is 0 Å². The van der Waals surface area contributed by atoms with Crippen molar-refractivity contribution < 1.29 is 4.21 Å². The number of hydrogen-bond donors (Lipinski definition) is 0. The van der Waals surface area contributed by atoms with Crippen molar-refractivity contribution in [2.75, 3.05) is 5.75 Å². The molecule has 1 unspecified atom stereocenters. The number of thioether (sulfide) groups is 1. The van der Waals surface area contributed by atoms with Crippen molar-refractivity contribution in [1.29, 1.82) is 0 Å². The first-order chi connectivity index (χ1) is 5.86. The highest BCUT2D eigenvalue weighted by molar-refractivity contribution is 8.05. The summed E-state index contributed by atoms with van der Waals surface area (Å²) in [4.78, 5) is 2.29. The van der Waals surface area contributed by atoms with E-state index in [1.807, 2.05) is 6.08 Å². The fourth-order valence-electron chi connectivity index (χ4n) is 1.61. The minimum atomic E-state index is -0.870. The Morgan fingerprint density at radius 1 is 1.42 bits per heavy atom. The van der Waals surface area contributed by atoms with Gasteiger partial charge in [0.1, 0.15) is 0 Å². The Bertz CT molecular complexity index is 410. The zero-order chi connectivity index (χ0) is 8.13. The third kappa shape index (κ3) is 0.730. The van der Waals surface area contributed by atoms with Gasteiger partial charge in [-0.25, -0.2) is 4.21 Å². The Labute approximate surface area is 77.4 Å². The van der Waals surface area contributed by atoms with Crippen LogP contribution in [0.3, 0.4) is 0 Å². The lowest BCUT2D eigenvalue weighted by atomic mass is 10.2. The zero-order valence-corrected chi connectivity index (χ0v) is 7.87. The molecule has 0 aromatic carbocycles. The van der Waals surface area contributed by atoms with Gasteiger partial charge in [-0.2, -0.15) is 0 Å². The zero-order valence-electron chi connectivity index (χ0n) is 6.24. The minimum Gasteiger partial charge on any atom is -0.250 e. The van der Waals surface area contributed by atoms with Crippen LogP contribution in [-0.4, -0.2) is 9.96 Å². The second-order valence-electron chi connectivity index (χ2n) is 2.83. The van der Waals surface area contributed by atoms with Gasteiger partial charge in [0.15, 0.2) is 0 Å². The van der Waals surface area contributed by atoms with Gasteiger partial charge in [-0.3, -0.25) is 0 Å². The lowest BCUT2D eigenvalue weighted by Gasteiger charge is -1.97. The molecule has 0 spiro atoms. The standard InChI is InChI=1S/C9H6OS2/c10-12-4-2-7-5-6-1-3-11-8(6)9(7)12/h1-2,4-5H,3H2. The summed E-state index contributed by atoms with van der Waals surface area (Å²) in [6.07, 6.45) is 6.29. The van der Waals surface area contributed by atoms with E-state index >= 15 is 0 Å². The minimum absolute atomic E-state index is 0.870. The molecule has 60 valence electrons. The molecule has 0 bridgehead atoms. The van der Waals surface area contributed by atoms with Gasteiger partial charge in [-0.1, -0.05) is 6.08 Å². The van der Waals surface area contributed by atoms with E-state index < -0.39 is 10.8 Å². The van der Waals surface area contributed by atoms with Crippen molar-refractivity contribution >= 4 is 22.6 Å². The molecular formula is C9H6OS2. The third-order valence-electron chi connectivity index (χ3n) is 2.14. The quantitative estimate of drug-likeness (QED) is 0.587. The van der Waals surface area contributed by atoms with E-state index in [9.17, 15) is 4.21 Å². The molecule has 1 atom stereocenters. The Hall–Kier alpha value is -0.540. The molecule has 0 aromatic rings. The molecule has 12 heavy (non-hydrogen) atoms. The predicted octanol–water partition coefficient (Wildman–Crippen LogP) is 2.09. The maximum absolute atomic E-state index is 11.5. The van der Waals surface area contributed by atoms with Crippen molar-refractivity contribution in [3.63, 3.8) is 0 Å². The number of fused-ring (bicyclic) bond motifs is 2. The van der Waals surface area contributed by atoms with Gasteiger partial charge in [0.2, 0.25) is 0 Å². The molecule has 0 aromatic heterocycles. The summed E-state index contributed by atoms with van der Waals surface area (Å²) in [5, 5.41) is 1.77. The first kappa shape index (κ1) is 6.92. The topological polar surface area (TPSA) is 17.1 Å². The van der Waals surface area contributed by atoms with E-state index in [1.54, 1.807) is 17.2 Å². The fourth-order valence-corrected chi connectivity index (χ4v) is 4.09. The molecule has 2 heterocycles. The molecule has 1 aliphatic carbocycles. The summed E-state index contributed by atoms with van der Waals surface area (Å²) in [5.74, 6) is 1.04. The average molecular weight is 194 g/mol. The van der Waals surface area contributed by atoms with Crippen LogP contribution in [0.25, 0.3) is 0 Å². The van der Waals surface area contributed by atoms with Crippen LogP contribution in [0, 0.1) is 0 Å². The first-order valence-electron chi connectivity index (χ1n) is 3.75. The van der Waals surface area contributed by atoms with Gasteiger partial charge in [-0.05, 0) is 23.3 Å². The van der Waals surface area contributed by atoms with Crippen LogP contribution in [0.15, 0.2) is 44.6 Å². The molecule has 1 nitrogen and oxygen atoms in total. The Morgan fingerprint density at radius 3 is 3.25 bits per heavy atom. The summed E-state index contributed by atoms with van der Waals surface area (Å²) < 4.78 is 11.5. The molecule has 0 fully saturated rings. The number of hydrogen-bond acceptors (Lipinski definition) is 2. The van der Waals surface area contributed by atoms with Gasteiger partial charge in [-0.15, -0.1) is 11.8 Å². The summed E-state index contributed by atoms with van der Waals surface area (Å²) in [5.41, 5.74) is 2.43. The lowest BCUT2D eigenvalue weighted by molar-refractivity contribution is 0.692. The molecule has 0 radical (unpaired) electrons. The molecule has 3 heteroatoms. The summed E-state index contributed by atoms with van der Waals surface area (Å²) in [7, 11) is -0.870. The van der Waals surface area contributed by atoms with Crippen molar-refractivity contribution in [2.24, 2.45) is 0 Å². The highest BCUT2D eigenvalue weighted by Gasteiger charge is 2.29. The molecule has 0 N–H and O–H groups in total. The highest BCUT2D eigenvalue weighted by atomic mass is 32.2. The van der Waals surface area contributed by atoms with Crippen molar-refractivity contribution in [3.8, 4) is 0 Å². The number of rotatable bonds is 0. The second-order valence-corrected chi connectivity index (χ2v) is 5.13. The fraction of sp³-hybridized carbons (Fsp3) is 0.111. The predicted molar refractivity (Wildman–Crippen MR) is 52.9 cm³/mol. The monoisotopic (exact) mass is 194 g/mol. The van der Waals surface area contributed by atoms with E-state index in [0.717, 1.165) is 16.2 Å². The Balaban J connectivity index is 2.30. The van der Waals surface area contributed by atoms with E-state index in [1.165, 1.54) is 10.5 Å². The van der Waals surface area contributed by atoms with Crippen molar-refractivity contribution in [1.82, 2.24) is 0 Å². The van der Waals surface area contributed by atoms with Crippen LogP contribution in [-0.2, 0) is 10.8 Å². The van der Waals surface area contributed by atoms with Gasteiger partial charge in [0, 0.05) is 16.1 Å². The van der Waals surface area contributed by atoms with Gasteiger partial charge < -0.3 is 0 Å². The van der Waals surface area contributed by atoms with Crippen LogP contribution in [0.1, 0.15) is 0 Å². The first-order valence-corrected chi connectivity index (χ1v) is 5.94. The summed E-state index contributed by atoms with van der Waals surface area (Å²) >= 11 is 1.80. The van der Waals surface area contributed by atoms with E-state index in [2.05, 4.69) is 12.2 Å². The Morgan fingerprint density at radius 2 is 2.33 bits per heavy atom. The summed E-state index contributed by atoms with van der Waals surface area (Å²) in [6, 6.07) is 0. The van der Waals surface area contributed by atoms with Crippen molar-refractivity contribution in [3.05, 3.63) is 44.6 Å². The normalized spacial score (nSPS) is 30.5.